The first kappa shape index (κ1) is 14.8. The van der Waals surface area contributed by atoms with Gasteiger partial charge in [-0.25, -0.2) is 0 Å². The van der Waals surface area contributed by atoms with Crippen LogP contribution in [0.5, 0.6) is 0 Å². The van der Waals surface area contributed by atoms with E-state index in [1.165, 1.54) is 27.2 Å². The molecule has 1 aromatic heterocycles. The van der Waals surface area contributed by atoms with Crippen molar-refractivity contribution in [1.29, 1.82) is 0 Å². The molecule has 0 radical (unpaired) electrons. The van der Waals surface area contributed by atoms with Crippen molar-refractivity contribution < 1.29 is 4.57 Å². The summed E-state index contributed by atoms with van der Waals surface area (Å²) in [6.45, 7) is 7.20. The summed E-state index contributed by atoms with van der Waals surface area (Å²) in [4.78, 5) is 0. The number of hydrogen-bond donors (Lipinski definition) is 1. The van der Waals surface area contributed by atoms with Crippen LogP contribution in [0.25, 0.3) is 27.4 Å². The lowest BCUT2D eigenvalue weighted by atomic mass is 10.0. The summed E-state index contributed by atoms with van der Waals surface area (Å²) in [6.07, 6.45) is 4.27. The molecule has 3 aromatic rings. The highest BCUT2D eigenvalue weighted by Crippen LogP contribution is 2.35. The molecule has 0 spiro atoms. The number of aryl methyl sites for hydroxylation is 1. The Bertz CT molecular complexity index is 803. The zero-order valence-electron chi connectivity index (χ0n) is 12.9. The van der Waals surface area contributed by atoms with Crippen LogP contribution in [0.2, 0.25) is 0 Å². The minimum atomic E-state index is 0.831. The van der Waals surface area contributed by atoms with Gasteiger partial charge in [-0.3, -0.25) is 0 Å². The molecule has 0 saturated heterocycles. The van der Waals surface area contributed by atoms with Gasteiger partial charge >= 0.3 is 0 Å². The fourth-order valence-electron chi connectivity index (χ4n) is 2.81. The maximum Gasteiger partial charge on any atom is 0.262 e. The van der Waals surface area contributed by atoms with Crippen molar-refractivity contribution in [2.45, 2.75) is 26.3 Å². The molecule has 0 fully saturated rings. The minimum Gasteiger partial charge on any atom is -0.398 e. The first-order chi connectivity index (χ1) is 10.8. The van der Waals surface area contributed by atoms with Crippen molar-refractivity contribution >= 4 is 33.3 Å². The Labute approximate surface area is 135 Å². The van der Waals surface area contributed by atoms with E-state index in [1.807, 2.05) is 18.2 Å². The van der Waals surface area contributed by atoms with Gasteiger partial charge in [0.1, 0.15) is 4.70 Å². The van der Waals surface area contributed by atoms with Crippen LogP contribution in [0.15, 0.2) is 49.0 Å². The van der Waals surface area contributed by atoms with E-state index in [9.17, 15) is 0 Å². The third-order valence-corrected chi connectivity index (χ3v) is 5.04. The summed E-state index contributed by atoms with van der Waals surface area (Å²) < 4.78 is 3.63. The molecule has 2 aromatic carbocycles. The summed E-state index contributed by atoms with van der Waals surface area (Å²) >= 11 is 1.78. The molecule has 1 heterocycles. The molecule has 0 amide bonds. The molecular formula is C19H21N2S+. The van der Waals surface area contributed by atoms with Crippen molar-refractivity contribution in [2.75, 3.05) is 5.73 Å². The van der Waals surface area contributed by atoms with Crippen LogP contribution >= 0.6 is 11.3 Å². The maximum atomic E-state index is 6.33. The third-order valence-electron chi connectivity index (χ3n) is 3.90. The van der Waals surface area contributed by atoms with Crippen LogP contribution in [0.1, 0.15) is 24.8 Å². The molecule has 0 aliphatic carbocycles. The van der Waals surface area contributed by atoms with Crippen molar-refractivity contribution in [3.8, 4) is 11.1 Å². The second-order valence-electron chi connectivity index (χ2n) is 5.39. The van der Waals surface area contributed by atoms with E-state index < -0.39 is 0 Å². The maximum absolute atomic E-state index is 6.33. The first-order valence-corrected chi connectivity index (χ1v) is 8.50. The largest absolute Gasteiger partial charge is 0.398 e. The van der Waals surface area contributed by atoms with Crippen LogP contribution < -0.4 is 10.3 Å². The van der Waals surface area contributed by atoms with Crippen molar-refractivity contribution in [3.05, 3.63) is 54.1 Å². The molecular weight excluding hydrogens is 288 g/mol. The second kappa shape index (κ2) is 6.32. The van der Waals surface area contributed by atoms with Gasteiger partial charge in [-0.05, 0) is 17.7 Å². The highest BCUT2D eigenvalue weighted by molar-refractivity contribution is 7.19. The topological polar surface area (TPSA) is 29.9 Å². The fourth-order valence-corrected chi connectivity index (χ4v) is 3.86. The number of thiazole rings is 1. The lowest BCUT2D eigenvalue weighted by molar-refractivity contribution is -0.668. The van der Waals surface area contributed by atoms with Gasteiger partial charge in [0.05, 0.1) is 5.56 Å². The Kier molecular flexibility index (Phi) is 4.25. The van der Waals surface area contributed by atoms with Gasteiger partial charge in [0.2, 0.25) is 5.52 Å². The predicted molar refractivity (Wildman–Crippen MR) is 96.9 cm³/mol. The van der Waals surface area contributed by atoms with Crippen molar-refractivity contribution in [2.24, 2.45) is 0 Å². The van der Waals surface area contributed by atoms with Gasteiger partial charge in [-0.2, -0.15) is 4.57 Å². The summed E-state index contributed by atoms with van der Waals surface area (Å²) in [5.41, 5.74) is 10.7. The number of fused-ring (bicyclic) bond motifs is 1. The number of rotatable bonds is 5. The smallest absolute Gasteiger partial charge is 0.262 e. The van der Waals surface area contributed by atoms with Gasteiger partial charge in [0.15, 0.2) is 6.54 Å². The number of nitrogens with two attached hydrogens (primary N) is 1. The van der Waals surface area contributed by atoms with Crippen LogP contribution in [0.4, 0.5) is 5.69 Å². The molecule has 0 atom stereocenters. The van der Waals surface area contributed by atoms with Crippen LogP contribution in [0, 0.1) is 0 Å². The van der Waals surface area contributed by atoms with Crippen LogP contribution in [0.3, 0.4) is 0 Å². The van der Waals surface area contributed by atoms with Gasteiger partial charge in [0.25, 0.3) is 5.01 Å². The molecule has 0 aliphatic heterocycles. The fraction of sp³-hybridized carbons (Fsp3) is 0.211. The standard InChI is InChI=1S/C19H21N2S/c1-3-5-13-21-17(4-2)22-16-12-11-15(20)18(19(16)21)14-9-7-6-8-10-14/h4,6-12H,2-3,5,13,20H2,1H3/q+1. The van der Waals surface area contributed by atoms with Crippen molar-refractivity contribution in [1.82, 2.24) is 0 Å². The Balaban J connectivity index is 2.32. The number of aromatic nitrogens is 1. The highest BCUT2D eigenvalue weighted by Gasteiger charge is 2.23. The SMILES string of the molecule is C=Cc1sc2ccc(N)c(-c3ccccc3)c2[n+]1CCCC. The first-order valence-electron chi connectivity index (χ1n) is 7.69. The summed E-state index contributed by atoms with van der Waals surface area (Å²) in [7, 11) is 0. The van der Waals surface area contributed by atoms with E-state index >= 15 is 0 Å². The normalized spacial score (nSPS) is 11.0. The van der Waals surface area contributed by atoms with Gasteiger partial charge in [0, 0.05) is 18.2 Å². The molecule has 3 rings (SSSR count). The number of benzene rings is 2. The Morgan fingerprint density at radius 1 is 1.18 bits per heavy atom. The number of nitrogens with zero attached hydrogens (tertiary/aromatic N) is 1. The number of hydrogen-bond acceptors (Lipinski definition) is 2. The van der Waals surface area contributed by atoms with E-state index in [1.54, 1.807) is 11.3 Å². The zero-order valence-corrected chi connectivity index (χ0v) is 13.7. The number of unbranched alkanes of at least 4 members (excludes halogenated alkanes) is 1. The molecule has 112 valence electrons. The van der Waals surface area contributed by atoms with Gasteiger partial charge in [-0.1, -0.05) is 61.6 Å². The van der Waals surface area contributed by atoms with Crippen molar-refractivity contribution in [3.63, 3.8) is 0 Å². The molecule has 0 bridgehead atoms. The highest BCUT2D eigenvalue weighted by atomic mass is 32.1. The summed E-state index contributed by atoms with van der Waals surface area (Å²) in [6, 6.07) is 14.5. The molecule has 0 saturated carbocycles. The molecule has 2 nitrogen and oxygen atoms in total. The summed E-state index contributed by atoms with van der Waals surface area (Å²) in [5.74, 6) is 0. The Morgan fingerprint density at radius 2 is 1.95 bits per heavy atom. The minimum absolute atomic E-state index is 0.831. The third kappa shape index (κ3) is 2.53. The number of anilines is 1. The molecule has 0 unspecified atom stereocenters. The average molecular weight is 309 g/mol. The van der Waals surface area contributed by atoms with Gasteiger partial charge in [-0.15, -0.1) is 0 Å². The lowest BCUT2D eigenvalue weighted by Gasteiger charge is -2.06. The molecule has 0 aliphatic rings. The predicted octanol–water partition coefficient (Wildman–Crippen LogP) is 4.88. The van der Waals surface area contributed by atoms with Crippen LogP contribution in [-0.4, -0.2) is 0 Å². The Morgan fingerprint density at radius 3 is 2.64 bits per heavy atom. The molecule has 22 heavy (non-hydrogen) atoms. The quantitative estimate of drug-likeness (QED) is 0.528. The second-order valence-corrected chi connectivity index (χ2v) is 6.45. The molecule has 2 N–H and O–H groups in total. The number of nitrogen functional groups attached to an aromatic ring is 1. The lowest BCUT2D eigenvalue weighted by Crippen LogP contribution is -2.35. The van der Waals surface area contributed by atoms with E-state index in [4.69, 9.17) is 5.73 Å². The van der Waals surface area contributed by atoms with Gasteiger partial charge < -0.3 is 5.73 Å². The Hall–Kier alpha value is -2.13. The van der Waals surface area contributed by atoms with Crippen LogP contribution in [-0.2, 0) is 6.54 Å². The van der Waals surface area contributed by atoms with E-state index in [2.05, 4.69) is 48.4 Å². The monoisotopic (exact) mass is 309 g/mol. The zero-order chi connectivity index (χ0) is 15.5. The summed E-state index contributed by atoms with van der Waals surface area (Å²) in [5, 5.41) is 1.20. The van der Waals surface area contributed by atoms with E-state index in [-0.39, 0.29) is 0 Å². The molecule has 3 heteroatoms. The van der Waals surface area contributed by atoms with E-state index in [0.29, 0.717) is 0 Å². The average Bonchev–Trinajstić information content (AvgIpc) is 2.91. The van der Waals surface area contributed by atoms with E-state index in [0.717, 1.165) is 24.2 Å².